The maximum absolute atomic E-state index is 13.4. The van der Waals surface area contributed by atoms with Crippen molar-refractivity contribution in [2.45, 2.75) is 37.6 Å². The van der Waals surface area contributed by atoms with E-state index in [9.17, 15) is 17.2 Å². The summed E-state index contributed by atoms with van der Waals surface area (Å²) >= 11 is 0. The third-order valence-electron chi connectivity index (χ3n) is 2.42. The molecule has 7 heteroatoms. The number of nitrogens with one attached hydrogen (secondary N) is 1. The van der Waals surface area contributed by atoms with Gasteiger partial charge >= 0.3 is 0 Å². The number of hydrogen-bond acceptors (Lipinski definition) is 3. The first-order chi connectivity index (χ1) is 8.27. The molecule has 0 spiro atoms. The lowest BCUT2D eigenvalue weighted by Crippen LogP contribution is -2.33. The van der Waals surface area contributed by atoms with E-state index >= 15 is 0 Å². The van der Waals surface area contributed by atoms with Crippen molar-refractivity contribution in [1.29, 1.82) is 0 Å². The lowest BCUT2D eigenvalue weighted by atomic mass is 10.2. The highest BCUT2D eigenvalue weighted by Gasteiger charge is 2.22. The van der Waals surface area contributed by atoms with Crippen LogP contribution < -0.4 is 10.5 Å². The lowest BCUT2D eigenvalue weighted by molar-refractivity contribution is 0.526. The van der Waals surface area contributed by atoms with E-state index < -0.39 is 32.2 Å². The van der Waals surface area contributed by atoms with E-state index in [2.05, 4.69) is 4.72 Å². The van der Waals surface area contributed by atoms with Crippen LogP contribution >= 0.6 is 0 Å². The van der Waals surface area contributed by atoms with Gasteiger partial charge in [-0.25, -0.2) is 21.9 Å². The Morgan fingerprint density at radius 1 is 1.33 bits per heavy atom. The van der Waals surface area contributed by atoms with Crippen LogP contribution in [-0.2, 0) is 10.0 Å². The minimum Gasteiger partial charge on any atom is -0.396 e. The number of hydrogen-bond donors (Lipinski definition) is 2. The standard InChI is InChI=1S/C11H16F2N2O2S/c1-3-4-7(2)15-18(16,17)11-6-10(14)8(12)5-9(11)13/h5-7,15H,3-4,14H2,1-2H3. The SMILES string of the molecule is CCCC(C)NS(=O)(=O)c1cc(N)c(F)cc1F. The topological polar surface area (TPSA) is 72.2 Å². The summed E-state index contributed by atoms with van der Waals surface area (Å²) in [5.74, 6) is -2.13. The van der Waals surface area contributed by atoms with Crippen LogP contribution in [0.5, 0.6) is 0 Å². The van der Waals surface area contributed by atoms with Crippen molar-refractivity contribution in [2.75, 3.05) is 5.73 Å². The second-order valence-electron chi connectivity index (χ2n) is 4.12. The van der Waals surface area contributed by atoms with Gasteiger partial charge in [0, 0.05) is 12.1 Å². The average molecular weight is 278 g/mol. The van der Waals surface area contributed by atoms with Crippen LogP contribution in [0.3, 0.4) is 0 Å². The first-order valence-electron chi connectivity index (χ1n) is 5.54. The minimum absolute atomic E-state index is 0.328. The summed E-state index contributed by atoms with van der Waals surface area (Å²) in [5, 5.41) is 0. The summed E-state index contributed by atoms with van der Waals surface area (Å²) in [6, 6.07) is 0.922. The van der Waals surface area contributed by atoms with Crippen LogP contribution in [0, 0.1) is 11.6 Å². The molecule has 0 heterocycles. The van der Waals surface area contributed by atoms with E-state index in [-0.39, 0.29) is 6.04 Å². The molecule has 1 aromatic rings. The molecule has 0 fully saturated rings. The van der Waals surface area contributed by atoms with Gasteiger partial charge in [-0.3, -0.25) is 0 Å². The molecule has 0 saturated heterocycles. The fraction of sp³-hybridized carbons (Fsp3) is 0.455. The molecule has 1 rings (SSSR count). The molecule has 0 saturated carbocycles. The summed E-state index contributed by atoms with van der Waals surface area (Å²) in [6.07, 6.45) is 1.41. The third kappa shape index (κ3) is 3.39. The first kappa shape index (κ1) is 14.8. The van der Waals surface area contributed by atoms with Crippen LogP contribution in [0.1, 0.15) is 26.7 Å². The highest BCUT2D eigenvalue weighted by Crippen LogP contribution is 2.21. The zero-order valence-corrected chi connectivity index (χ0v) is 11.0. The zero-order chi connectivity index (χ0) is 13.9. The Hall–Kier alpha value is -1.21. The predicted octanol–water partition coefficient (Wildman–Crippen LogP) is 2.01. The molecular formula is C11H16F2N2O2S. The van der Waals surface area contributed by atoms with Crippen LogP contribution in [-0.4, -0.2) is 14.5 Å². The smallest absolute Gasteiger partial charge is 0.243 e. The number of nitrogen functional groups attached to an aromatic ring is 1. The second kappa shape index (κ2) is 5.62. The molecule has 18 heavy (non-hydrogen) atoms. The van der Waals surface area contributed by atoms with Crippen molar-refractivity contribution in [3.8, 4) is 0 Å². The average Bonchev–Trinajstić information content (AvgIpc) is 2.22. The maximum Gasteiger partial charge on any atom is 0.243 e. The van der Waals surface area contributed by atoms with Gasteiger partial charge in [-0.1, -0.05) is 13.3 Å². The van der Waals surface area contributed by atoms with Gasteiger partial charge in [-0.2, -0.15) is 0 Å². The van der Waals surface area contributed by atoms with Gasteiger partial charge in [0.2, 0.25) is 10.0 Å². The molecule has 4 nitrogen and oxygen atoms in total. The normalized spacial score (nSPS) is 13.6. The summed E-state index contributed by atoms with van der Waals surface area (Å²) in [4.78, 5) is -0.635. The van der Waals surface area contributed by atoms with Crippen molar-refractivity contribution < 1.29 is 17.2 Å². The molecule has 0 aliphatic heterocycles. The van der Waals surface area contributed by atoms with Crippen LogP contribution in [0.15, 0.2) is 17.0 Å². The molecule has 0 amide bonds. The molecule has 0 aliphatic carbocycles. The molecular weight excluding hydrogens is 262 g/mol. The molecule has 102 valence electrons. The predicted molar refractivity (Wildman–Crippen MR) is 65.5 cm³/mol. The zero-order valence-electron chi connectivity index (χ0n) is 10.2. The summed E-state index contributed by atoms with van der Waals surface area (Å²) in [7, 11) is -4.02. The number of anilines is 1. The van der Waals surface area contributed by atoms with E-state index in [1.807, 2.05) is 6.92 Å². The molecule has 0 bridgehead atoms. The van der Waals surface area contributed by atoms with Crippen LogP contribution in [0.25, 0.3) is 0 Å². The Balaban J connectivity index is 3.09. The van der Waals surface area contributed by atoms with Gasteiger partial charge in [-0.15, -0.1) is 0 Å². The highest BCUT2D eigenvalue weighted by molar-refractivity contribution is 7.89. The Labute approximate surface area is 105 Å². The van der Waals surface area contributed by atoms with Crippen molar-refractivity contribution in [3.63, 3.8) is 0 Å². The molecule has 1 aromatic carbocycles. The quantitative estimate of drug-likeness (QED) is 0.809. The Morgan fingerprint density at radius 2 is 1.94 bits per heavy atom. The van der Waals surface area contributed by atoms with Gasteiger partial charge in [0.05, 0.1) is 5.69 Å². The lowest BCUT2D eigenvalue weighted by Gasteiger charge is -2.14. The van der Waals surface area contributed by atoms with Gasteiger partial charge in [0.25, 0.3) is 0 Å². The summed E-state index contributed by atoms with van der Waals surface area (Å²) in [6.45, 7) is 3.58. The number of halogens is 2. The fourth-order valence-corrected chi connectivity index (χ4v) is 2.94. The minimum atomic E-state index is -4.02. The number of sulfonamides is 1. The van der Waals surface area contributed by atoms with Crippen molar-refractivity contribution in [2.24, 2.45) is 0 Å². The van der Waals surface area contributed by atoms with E-state index in [1.165, 1.54) is 0 Å². The van der Waals surface area contributed by atoms with Crippen LogP contribution in [0.4, 0.5) is 14.5 Å². The molecule has 1 unspecified atom stereocenters. The maximum atomic E-state index is 13.4. The van der Waals surface area contributed by atoms with E-state index in [4.69, 9.17) is 5.73 Å². The Bertz CT molecular complexity index is 532. The van der Waals surface area contributed by atoms with E-state index in [0.717, 1.165) is 12.5 Å². The van der Waals surface area contributed by atoms with Gasteiger partial charge in [-0.05, 0) is 19.4 Å². The molecule has 0 radical (unpaired) electrons. The summed E-state index contributed by atoms with van der Waals surface area (Å²) in [5.41, 5.74) is 4.84. The number of benzene rings is 1. The Kier molecular flexibility index (Phi) is 4.64. The Morgan fingerprint density at radius 3 is 2.50 bits per heavy atom. The second-order valence-corrected chi connectivity index (χ2v) is 5.80. The van der Waals surface area contributed by atoms with Gasteiger partial charge < -0.3 is 5.73 Å². The molecule has 1 atom stereocenters. The monoisotopic (exact) mass is 278 g/mol. The van der Waals surface area contributed by atoms with E-state index in [1.54, 1.807) is 6.92 Å². The third-order valence-corrected chi connectivity index (χ3v) is 4.02. The van der Waals surface area contributed by atoms with Crippen LogP contribution in [0.2, 0.25) is 0 Å². The van der Waals surface area contributed by atoms with Crippen molar-refractivity contribution >= 4 is 15.7 Å². The summed E-state index contributed by atoms with van der Waals surface area (Å²) < 4.78 is 52.5. The molecule has 3 N–H and O–H groups in total. The highest BCUT2D eigenvalue weighted by atomic mass is 32.2. The van der Waals surface area contributed by atoms with Gasteiger partial charge in [0.1, 0.15) is 16.5 Å². The van der Waals surface area contributed by atoms with Gasteiger partial charge in [0.15, 0.2) is 0 Å². The first-order valence-corrected chi connectivity index (χ1v) is 7.03. The van der Waals surface area contributed by atoms with E-state index in [0.29, 0.717) is 12.5 Å². The fourth-order valence-electron chi connectivity index (χ4n) is 1.57. The van der Waals surface area contributed by atoms with Crippen molar-refractivity contribution in [3.05, 3.63) is 23.8 Å². The largest absolute Gasteiger partial charge is 0.396 e. The number of rotatable bonds is 5. The number of nitrogens with two attached hydrogens (primary N) is 1. The molecule has 0 aliphatic rings. The molecule has 0 aromatic heterocycles. The van der Waals surface area contributed by atoms with Crippen molar-refractivity contribution in [1.82, 2.24) is 4.72 Å².